The van der Waals surface area contributed by atoms with Gasteiger partial charge >= 0.3 is 0 Å². The summed E-state index contributed by atoms with van der Waals surface area (Å²) in [7, 11) is 0. The van der Waals surface area contributed by atoms with Crippen LogP contribution >= 0.6 is 11.8 Å². The van der Waals surface area contributed by atoms with E-state index in [9.17, 15) is 0 Å². The molecule has 0 unspecified atom stereocenters. The van der Waals surface area contributed by atoms with Gasteiger partial charge in [0.2, 0.25) is 0 Å². The molecule has 2 aromatic heterocycles. The number of thioether (sulfide) groups is 1. The number of pyridine rings is 1. The lowest BCUT2D eigenvalue weighted by molar-refractivity contribution is 1.11. The average molecular weight is 282 g/mol. The van der Waals surface area contributed by atoms with E-state index >= 15 is 0 Å². The predicted molar refractivity (Wildman–Crippen MR) is 82.9 cm³/mol. The second kappa shape index (κ2) is 5.88. The highest BCUT2D eigenvalue weighted by Crippen LogP contribution is 2.24. The lowest BCUT2D eigenvalue weighted by Crippen LogP contribution is -2.01. The monoisotopic (exact) mass is 282 g/mol. The fourth-order valence-corrected chi connectivity index (χ4v) is 2.55. The van der Waals surface area contributed by atoms with Gasteiger partial charge in [0.15, 0.2) is 0 Å². The number of nitrogens with one attached hydrogen (secondary N) is 1. The summed E-state index contributed by atoms with van der Waals surface area (Å²) >= 11 is 1.71. The molecular formula is C15H14N4S. The first-order valence-electron chi connectivity index (χ1n) is 6.28. The highest BCUT2D eigenvalue weighted by Gasteiger charge is 2.02. The first-order valence-corrected chi connectivity index (χ1v) is 7.51. The maximum Gasteiger partial charge on any atom is 0.0890 e. The van der Waals surface area contributed by atoms with Crippen LogP contribution in [-0.2, 0) is 6.54 Å². The Balaban J connectivity index is 1.79. The molecule has 0 saturated heterocycles. The number of nitrogens with zero attached hydrogens (tertiary/aromatic N) is 3. The van der Waals surface area contributed by atoms with Crippen molar-refractivity contribution in [2.45, 2.75) is 11.4 Å². The molecule has 20 heavy (non-hydrogen) atoms. The molecule has 0 amide bonds. The van der Waals surface area contributed by atoms with Crippen LogP contribution in [0.2, 0.25) is 0 Å². The van der Waals surface area contributed by atoms with Crippen molar-refractivity contribution in [3.05, 3.63) is 54.6 Å². The smallest absolute Gasteiger partial charge is 0.0890 e. The number of rotatable bonds is 4. The second-order valence-electron chi connectivity index (χ2n) is 4.31. The Bertz CT molecular complexity index is 730. The minimum absolute atomic E-state index is 0.742. The predicted octanol–water partition coefficient (Wildman–Crippen LogP) is 3.36. The number of benzene rings is 1. The second-order valence-corrected chi connectivity index (χ2v) is 5.16. The molecule has 0 fully saturated rings. The normalized spacial score (nSPS) is 10.7. The summed E-state index contributed by atoms with van der Waals surface area (Å²) in [6.45, 7) is 0.742. The van der Waals surface area contributed by atoms with Gasteiger partial charge in [-0.15, -0.1) is 11.8 Å². The van der Waals surface area contributed by atoms with Gasteiger partial charge in [0.05, 0.1) is 22.9 Å². The number of aromatic nitrogens is 3. The van der Waals surface area contributed by atoms with Crippen LogP contribution in [0, 0.1) is 0 Å². The van der Waals surface area contributed by atoms with E-state index in [1.165, 1.54) is 10.5 Å². The van der Waals surface area contributed by atoms with E-state index < -0.39 is 0 Å². The Morgan fingerprint density at radius 1 is 1.05 bits per heavy atom. The van der Waals surface area contributed by atoms with Crippen LogP contribution < -0.4 is 5.32 Å². The van der Waals surface area contributed by atoms with Crippen LogP contribution in [0.1, 0.15) is 5.56 Å². The third kappa shape index (κ3) is 2.72. The van der Waals surface area contributed by atoms with Crippen LogP contribution in [0.15, 0.2) is 53.9 Å². The fraction of sp³-hybridized carbons (Fsp3) is 0.133. The Morgan fingerprint density at radius 3 is 2.75 bits per heavy atom. The minimum Gasteiger partial charge on any atom is -0.379 e. The molecule has 0 aliphatic heterocycles. The van der Waals surface area contributed by atoms with Crippen molar-refractivity contribution in [2.24, 2.45) is 0 Å². The number of hydrogen-bond acceptors (Lipinski definition) is 5. The number of fused-ring (bicyclic) bond motifs is 1. The Labute approximate surface area is 121 Å². The fourth-order valence-electron chi connectivity index (χ4n) is 2.01. The highest BCUT2D eigenvalue weighted by molar-refractivity contribution is 7.98. The van der Waals surface area contributed by atoms with Crippen molar-refractivity contribution >= 4 is 28.5 Å². The Morgan fingerprint density at radius 2 is 1.90 bits per heavy atom. The molecule has 1 aromatic carbocycles. The summed E-state index contributed by atoms with van der Waals surface area (Å²) in [6.07, 6.45) is 9.15. The summed E-state index contributed by atoms with van der Waals surface area (Å²) in [4.78, 5) is 13.9. The van der Waals surface area contributed by atoms with E-state index in [0.29, 0.717) is 0 Å². The van der Waals surface area contributed by atoms with Crippen molar-refractivity contribution in [1.29, 1.82) is 0 Å². The van der Waals surface area contributed by atoms with Crippen LogP contribution in [0.3, 0.4) is 0 Å². The van der Waals surface area contributed by atoms with Crippen LogP contribution in [0.25, 0.3) is 11.0 Å². The number of hydrogen-bond donors (Lipinski definition) is 1. The third-order valence-corrected chi connectivity index (χ3v) is 3.81. The van der Waals surface area contributed by atoms with E-state index in [4.69, 9.17) is 0 Å². The van der Waals surface area contributed by atoms with Gasteiger partial charge < -0.3 is 5.32 Å². The summed E-state index contributed by atoms with van der Waals surface area (Å²) < 4.78 is 0. The van der Waals surface area contributed by atoms with Gasteiger partial charge in [0.1, 0.15) is 0 Å². The minimum atomic E-state index is 0.742. The van der Waals surface area contributed by atoms with Crippen LogP contribution in [0.5, 0.6) is 0 Å². The van der Waals surface area contributed by atoms with Crippen molar-refractivity contribution in [3.63, 3.8) is 0 Å². The SMILES string of the molecule is CSc1ccncc1NCc1ccc2nccnc2c1. The van der Waals surface area contributed by atoms with Crippen LogP contribution in [0.4, 0.5) is 5.69 Å². The molecule has 0 spiro atoms. The van der Waals surface area contributed by atoms with E-state index in [1.54, 1.807) is 24.2 Å². The van der Waals surface area contributed by atoms with E-state index in [2.05, 4.69) is 38.7 Å². The molecule has 3 aromatic rings. The van der Waals surface area contributed by atoms with E-state index in [0.717, 1.165) is 23.3 Å². The van der Waals surface area contributed by atoms with Gasteiger partial charge in [-0.2, -0.15) is 0 Å². The van der Waals surface area contributed by atoms with Crippen molar-refractivity contribution < 1.29 is 0 Å². The average Bonchev–Trinajstić information content (AvgIpc) is 2.53. The Hall–Kier alpha value is -2.14. The zero-order chi connectivity index (χ0) is 13.8. The summed E-state index contributed by atoms with van der Waals surface area (Å²) in [5, 5.41) is 3.41. The van der Waals surface area contributed by atoms with Crippen molar-refractivity contribution in [3.8, 4) is 0 Å². The first kappa shape index (κ1) is 12.9. The molecule has 0 bridgehead atoms. The van der Waals surface area contributed by atoms with Gasteiger partial charge in [0.25, 0.3) is 0 Å². The molecule has 5 heteroatoms. The third-order valence-electron chi connectivity index (χ3n) is 3.02. The molecule has 3 rings (SSSR count). The van der Waals surface area contributed by atoms with Crippen molar-refractivity contribution in [1.82, 2.24) is 15.0 Å². The van der Waals surface area contributed by atoms with Gasteiger partial charge in [0, 0.05) is 30.0 Å². The molecule has 0 saturated carbocycles. The molecule has 0 aliphatic rings. The summed E-state index contributed by atoms with van der Waals surface area (Å²) in [5.74, 6) is 0. The molecule has 0 atom stereocenters. The van der Waals surface area contributed by atoms with Gasteiger partial charge in [-0.05, 0) is 30.0 Å². The van der Waals surface area contributed by atoms with E-state index in [1.807, 2.05) is 24.5 Å². The Kier molecular flexibility index (Phi) is 3.78. The molecule has 4 nitrogen and oxygen atoms in total. The molecule has 1 N–H and O–H groups in total. The van der Waals surface area contributed by atoms with E-state index in [-0.39, 0.29) is 0 Å². The molecule has 2 heterocycles. The largest absolute Gasteiger partial charge is 0.379 e. The summed E-state index contributed by atoms with van der Waals surface area (Å²) in [6, 6.07) is 8.14. The van der Waals surface area contributed by atoms with Crippen molar-refractivity contribution in [2.75, 3.05) is 11.6 Å². The van der Waals surface area contributed by atoms with Gasteiger partial charge in [-0.25, -0.2) is 0 Å². The molecule has 0 radical (unpaired) electrons. The topological polar surface area (TPSA) is 50.7 Å². The number of anilines is 1. The maximum absolute atomic E-state index is 4.32. The molecule has 100 valence electrons. The van der Waals surface area contributed by atoms with Gasteiger partial charge in [-0.3, -0.25) is 15.0 Å². The quantitative estimate of drug-likeness (QED) is 0.744. The highest BCUT2D eigenvalue weighted by atomic mass is 32.2. The lowest BCUT2D eigenvalue weighted by Gasteiger charge is -2.10. The molecular weight excluding hydrogens is 268 g/mol. The zero-order valence-corrected chi connectivity index (χ0v) is 11.9. The first-order chi connectivity index (χ1) is 9.86. The summed E-state index contributed by atoms with van der Waals surface area (Å²) in [5.41, 5.74) is 4.07. The van der Waals surface area contributed by atoms with Gasteiger partial charge in [-0.1, -0.05) is 6.07 Å². The zero-order valence-electron chi connectivity index (χ0n) is 11.1. The molecule has 0 aliphatic carbocycles. The van der Waals surface area contributed by atoms with Crippen LogP contribution in [-0.4, -0.2) is 21.2 Å². The maximum atomic E-state index is 4.32. The standard InChI is InChI=1S/C15H14N4S/c1-20-15-4-5-16-10-14(15)19-9-11-2-3-12-13(8-11)18-7-6-17-12/h2-8,10,19H,9H2,1H3. The lowest BCUT2D eigenvalue weighted by atomic mass is 10.2.